The van der Waals surface area contributed by atoms with E-state index >= 15 is 0 Å². The van der Waals surface area contributed by atoms with Gasteiger partial charge in [0.1, 0.15) is 5.75 Å². The number of benzene rings is 1. The van der Waals surface area contributed by atoms with Crippen molar-refractivity contribution in [3.63, 3.8) is 0 Å². The minimum absolute atomic E-state index is 0.200. The molecule has 1 aliphatic rings. The molecule has 0 radical (unpaired) electrons. The summed E-state index contributed by atoms with van der Waals surface area (Å²) in [6.45, 7) is 0.254. The van der Waals surface area contributed by atoms with Gasteiger partial charge >= 0.3 is 12.1 Å². The number of hydrogen-bond donors (Lipinski definition) is 1. The fraction of sp³-hybridized carbons (Fsp3) is 0.556. The zero-order chi connectivity index (χ0) is 18.3. The van der Waals surface area contributed by atoms with Crippen LogP contribution in [-0.4, -0.2) is 31.0 Å². The number of Topliss-reactive ketones (excluding diaryl/α,β-unsaturated/α-hetero) is 1. The molecule has 0 spiro atoms. The molecule has 1 fully saturated rings. The van der Waals surface area contributed by atoms with Crippen LogP contribution >= 0.6 is 0 Å². The summed E-state index contributed by atoms with van der Waals surface area (Å²) in [5.41, 5.74) is 0.363. The molecule has 0 aliphatic heterocycles. The van der Waals surface area contributed by atoms with Crippen molar-refractivity contribution in [2.45, 2.75) is 44.7 Å². The van der Waals surface area contributed by atoms with E-state index in [4.69, 9.17) is 4.74 Å². The topological polar surface area (TPSA) is 55.4 Å². The van der Waals surface area contributed by atoms with Gasteiger partial charge in [0.15, 0.2) is 5.78 Å². The number of alkyl halides is 3. The van der Waals surface area contributed by atoms with E-state index in [0.717, 1.165) is 12.8 Å². The highest BCUT2D eigenvalue weighted by molar-refractivity contribution is 5.96. The van der Waals surface area contributed by atoms with Crippen molar-refractivity contribution >= 4 is 11.7 Å². The Hall–Kier alpha value is -2.05. The molecule has 2 rings (SSSR count). The number of ether oxygens (including phenoxy) is 1. The second-order valence-electron chi connectivity index (χ2n) is 6.27. The number of amides is 1. The summed E-state index contributed by atoms with van der Waals surface area (Å²) in [5.74, 6) is -1.27. The van der Waals surface area contributed by atoms with Crippen molar-refractivity contribution in [2.75, 3.05) is 13.2 Å². The summed E-state index contributed by atoms with van der Waals surface area (Å²) in [7, 11) is 0. The number of carbonyl (C=O) groups is 2. The molecule has 0 saturated heterocycles. The monoisotopic (exact) mass is 357 g/mol. The summed E-state index contributed by atoms with van der Waals surface area (Å²) in [6.07, 6.45) is 0.872. The zero-order valence-corrected chi connectivity index (χ0v) is 13.9. The average Bonchev–Trinajstić information content (AvgIpc) is 2.60. The Labute approximate surface area is 144 Å². The third-order valence-electron chi connectivity index (χ3n) is 4.26. The van der Waals surface area contributed by atoms with Gasteiger partial charge in [-0.15, -0.1) is 0 Å². The first-order valence-electron chi connectivity index (χ1n) is 8.47. The van der Waals surface area contributed by atoms with Crippen LogP contribution in [0.15, 0.2) is 24.3 Å². The standard InChI is InChI=1S/C18H22F3NO3/c19-18(20,21)17(24)22-10-9-16(23)14-7-4-8-15(11-14)25-12-13-5-2-1-3-6-13/h4,7-8,11,13H,1-3,5-6,9-10,12H2,(H,22,24). The van der Waals surface area contributed by atoms with Crippen LogP contribution < -0.4 is 10.1 Å². The first kappa shape index (κ1) is 19.3. The van der Waals surface area contributed by atoms with E-state index in [0.29, 0.717) is 23.8 Å². The number of halogens is 3. The molecule has 0 unspecified atom stereocenters. The second-order valence-corrected chi connectivity index (χ2v) is 6.27. The maximum atomic E-state index is 12.1. The van der Waals surface area contributed by atoms with Crippen molar-refractivity contribution < 1.29 is 27.5 Å². The summed E-state index contributed by atoms with van der Waals surface area (Å²) in [5, 5.41) is 1.69. The molecule has 4 nitrogen and oxygen atoms in total. The molecule has 0 aromatic heterocycles. The van der Waals surface area contributed by atoms with Crippen molar-refractivity contribution in [2.24, 2.45) is 5.92 Å². The Bertz CT molecular complexity index is 595. The van der Waals surface area contributed by atoms with Crippen LogP contribution in [-0.2, 0) is 4.79 Å². The minimum atomic E-state index is -4.93. The number of ketones is 1. The predicted octanol–water partition coefficient (Wildman–Crippen LogP) is 3.90. The van der Waals surface area contributed by atoms with Crippen LogP contribution in [0.4, 0.5) is 13.2 Å². The van der Waals surface area contributed by atoms with Gasteiger partial charge in [0.2, 0.25) is 0 Å². The molecule has 25 heavy (non-hydrogen) atoms. The molecule has 1 N–H and O–H groups in total. The van der Waals surface area contributed by atoms with Crippen LogP contribution in [0.5, 0.6) is 5.75 Å². The number of nitrogens with one attached hydrogen (secondary N) is 1. The molecular formula is C18H22F3NO3. The average molecular weight is 357 g/mol. The molecular weight excluding hydrogens is 335 g/mol. The van der Waals surface area contributed by atoms with Crippen molar-refractivity contribution in [3.8, 4) is 5.75 Å². The maximum absolute atomic E-state index is 12.1. The lowest BCUT2D eigenvalue weighted by Gasteiger charge is -2.21. The Morgan fingerprint density at radius 3 is 2.56 bits per heavy atom. The fourth-order valence-corrected chi connectivity index (χ4v) is 2.86. The minimum Gasteiger partial charge on any atom is -0.493 e. The normalized spacial score (nSPS) is 15.6. The van der Waals surface area contributed by atoms with Gasteiger partial charge in [-0.1, -0.05) is 31.4 Å². The van der Waals surface area contributed by atoms with Crippen LogP contribution in [0.2, 0.25) is 0 Å². The van der Waals surface area contributed by atoms with Gasteiger partial charge in [0, 0.05) is 18.5 Å². The van der Waals surface area contributed by atoms with E-state index in [1.807, 2.05) is 0 Å². The summed E-state index contributed by atoms with van der Waals surface area (Å²) < 4.78 is 42.0. The second kappa shape index (κ2) is 8.87. The first-order valence-corrected chi connectivity index (χ1v) is 8.47. The lowest BCUT2D eigenvalue weighted by atomic mass is 9.90. The molecule has 1 aromatic carbocycles. The van der Waals surface area contributed by atoms with Gasteiger partial charge in [0.05, 0.1) is 6.61 Å². The third kappa shape index (κ3) is 6.40. The smallest absolute Gasteiger partial charge is 0.471 e. The number of hydrogen-bond acceptors (Lipinski definition) is 3. The molecule has 1 aromatic rings. The highest BCUT2D eigenvalue weighted by Crippen LogP contribution is 2.25. The Kier molecular flexibility index (Phi) is 6.84. The fourth-order valence-electron chi connectivity index (χ4n) is 2.86. The van der Waals surface area contributed by atoms with E-state index in [9.17, 15) is 22.8 Å². The van der Waals surface area contributed by atoms with Crippen LogP contribution in [0, 0.1) is 5.92 Å². The summed E-state index contributed by atoms with van der Waals surface area (Å²) >= 11 is 0. The lowest BCUT2D eigenvalue weighted by Crippen LogP contribution is -2.37. The van der Waals surface area contributed by atoms with Gasteiger partial charge in [-0.25, -0.2) is 0 Å². The Morgan fingerprint density at radius 2 is 1.88 bits per heavy atom. The Balaban J connectivity index is 1.80. The van der Waals surface area contributed by atoms with Crippen LogP contribution in [0.25, 0.3) is 0 Å². The van der Waals surface area contributed by atoms with Gasteiger partial charge in [-0.3, -0.25) is 9.59 Å². The van der Waals surface area contributed by atoms with Crippen molar-refractivity contribution in [1.82, 2.24) is 5.32 Å². The predicted molar refractivity (Wildman–Crippen MR) is 86.5 cm³/mol. The van der Waals surface area contributed by atoms with E-state index in [1.54, 1.807) is 29.6 Å². The number of carbonyl (C=O) groups excluding carboxylic acids is 2. The zero-order valence-electron chi connectivity index (χ0n) is 13.9. The van der Waals surface area contributed by atoms with Gasteiger partial charge in [0.25, 0.3) is 0 Å². The molecule has 0 heterocycles. The van der Waals surface area contributed by atoms with Crippen molar-refractivity contribution in [1.29, 1.82) is 0 Å². The molecule has 1 saturated carbocycles. The summed E-state index contributed by atoms with van der Waals surface area (Å²) in [4.78, 5) is 22.8. The molecule has 0 atom stereocenters. The van der Waals surface area contributed by atoms with Crippen LogP contribution in [0.3, 0.4) is 0 Å². The molecule has 1 aliphatic carbocycles. The molecule has 1 amide bonds. The largest absolute Gasteiger partial charge is 0.493 e. The maximum Gasteiger partial charge on any atom is 0.471 e. The highest BCUT2D eigenvalue weighted by atomic mass is 19.4. The van der Waals surface area contributed by atoms with Gasteiger partial charge < -0.3 is 10.1 Å². The molecule has 138 valence electrons. The highest BCUT2D eigenvalue weighted by Gasteiger charge is 2.38. The van der Waals surface area contributed by atoms with Gasteiger partial charge in [-0.05, 0) is 30.9 Å². The van der Waals surface area contributed by atoms with E-state index in [2.05, 4.69) is 0 Å². The number of rotatable bonds is 7. The first-order chi connectivity index (χ1) is 11.9. The van der Waals surface area contributed by atoms with Crippen molar-refractivity contribution in [3.05, 3.63) is 29.8 Å². The van der Waals surface area contributed by atoms with E-state index < -0.39 is 12.1 Å². The quantitative estimate of drug-likeness (QED) is 0.753. The van der Waals surface area contributed by atoms with E-state index in [1.165, 1.54) is 19.3 Å². The molecule has 0 bridgehead atoms. The van der Waals surface area contributed by atoms with E-state index in [-0.39, 0.29) is 18.7 Å². The molecule has 7 heteroatoms. The SMILES string of the molecule is O=C(CCNC(=O)C(F)(F)F)c1cccc(OCC2CCCCC2)c1. The van der Waals surface area contributed by atoms with Crippen LogP contribution in [0.1, 0.15) is 48.9 Å². The Morgan fingerprint density at radius 1 is 1.16 bits per heavy atom. The lowest BCUT2D eigenvalue weighted by molar-refractivity contribution is -0.173. The third-order valence-corrected chi connectivity index (χ3v) is 4.26. The van der Waals surface area contributed by atoms with Gasteiger partial charge in [-0.2, -0.15) is 13.2 Å². The summed E-state index contributed by atoms with van der Waals surface area (Å²) in [6, 6.07) is 6.61.